The highest BCUT2D eigenvalue weighted by Crippen LogP contribution is 2.32. The van der Waals surface area contributed by atoms with Crippen molar-refractivity contribution in [2.75, 3.05) is 18.0 Å². The van der Waals surface area contributed by atoms with Gasteiger partial charge in [0.05, 0.1) is 12.2 Å². The molecule has 0 bridgehead atoms. The molecule has 1 fully saturated rings. The average molecular weight is 340 g/mol. The first-order valence-electron chi connectivity index (χ1n) is 7.01. The molecule has 0 aliphatic carbocycles. The van der Waals surface area contributed by atoms with E-state index in [0.717, 1.165) is 5.56 Å². The van der Waals surface area contributed by atoms with E-state index in [1.54, 1.807) is 25.1 Å². The van der Waals surface area contributed by atoms with E-state index in [1.807, 2.05) is 0 Å². The number of nitrogens with one attached hydrogen (secondary N) is 1. The van der Waals surface area contributed by atoms with Gasteiger partial charge in [-0.1, -0.05) is 0 Å². The molecule has 10 heteroatoms. The number of hydrogen-bond acceptors (Lipinski definition) is 3. The van der Waals surface area contributed by atoms with Gasteiger partial charge in [0.25, 0.3) is 5.92 Å². The number of anilines is 1. The fourth-order valence-corrected chi connectivity index (χ4v) is 2.69. The van der Waals surface area contributed by atoms with Crippen LogP contribution < -0.4 is 10.2 Å². The molecule has 1 aromatic heterocycles. The van der Waals surface area contributed by atoms with Gasteiger partial charge < -0.3 is 10.2 Å². The van der Waals surface area contributed by atoms with Crippen molar-refractivity contribution < 1.29 is 26.7 Å². The summed E-state index contributed by atoms with van der Waals surface area (Å²) >= 11 is 0. The second-order valence-electron chi connectivity index (χ2n) is 5.59. The zero-order valence-corrected chi connectivity index (χ0v) is 12.6. The van der Waals surface area contributed by atoms with Gasteiger partial charge in [0, 0.05) is 32.1 Å². The van der Waals surface area contributed by atoms with Crippen molar-refractivity contribution in [2.45, 2.75) is 37.9 Å². The van der Waals surface area contributed by atoms with Crippen LogP contribution in [-0.4, -0.2) is 46.9 Å². The van der Waals surface area contributed by atoms with Crippen molar-refractivity contribution in [3.8, 4) is 0 Å². The molecular formula is C13H17F5N4O. The van der Waals surface area contributed by atoms with Crippen molar-refractivity contribution in [1.29, 1.82) is 0 Å². The molecule has 1 aromatic rings. The van der Waals surface area contributed by atoms with Crippen molar-refractivity contribution in [1.82, 2.24) is 15.1 Å². The molecule has 2 heterocycles. The van der Waals surface area contributed by atoms with Gasteiger partial charge in [0.15, 0.2) is 0 Å². The average Bonchev–Trinajstić information content (AvgIpc) is 2.68. The fourth-order valence-electron chi connectivity index (χ4n) is 2.69. The summed E-state index contributed by atoms with van der Waals surface area (Å²) < 4.78 is 66.5. The van der Waals surface area contributed by atoms with E-state index in [2.05, 4.69) is 5.10 Å². The third-order valence-electron chi connectivity index (χ3n) is 3.86. The number of aromatic nitrogens is 2. The normalized spacial score (nSPS) is 21.9. The topological polar surface area (TPSA) is 50.2 Å². The maximum atomic E-state index is 14.1. The molecule has 130 valence electrons. The summed E-state index contributed by atoms with van der Waals surface area (Å²) in [5.74, 6) is -5.11. The number of aryl methyl sites for hydroxylation is 2. The van der Waals surface area contributed by atoms with Gasteiger partial charge in [-0.3, -0.25) is 9.48 Å². The van der Waals surface area contributed by atoms with Gasteiger partial charge in [-0.05, 0) is 13.3 Å². The third kappa shape index (κ3) is 3.73. The molecule has 1 unspecified atom stereocenters. The van der Waals surface area contributed by atoms with Crippen LogP contribution in [0.1, 0.15) is 18.4 Å². The van der Waals surface area contributed by atoms with E-state index in [0.29, 0.717) is 5.82 Å². The predicted octanol–water partition coefficient (Wildman–Crippen LogP) is 2.01. The molecule has 0 saturated carbocycles. The summed E-state index contributed by atoms with van der Waals surface area (Å²) in [6.45, 7) is 1.83. The molecule has 1 atom stereocenters. The van der Waals surface area contributed by atoms with E-state index in [-0.39, 0.29) is 19.5 Å². The lowest BCUT2D eigenvalue weighted by molar-refractivity contribution is -0.177. The Morgan fingerprint density at radius 1 is 1.39 bits per heavy atom. The fraction of sp³-hybridized carbons (Fsp3) is 0.692. The number of nitrogens with zero attached hydrogens (tertiary/aromatic N) is 3. The minimum absolute atomic E-state index is 0.0360. The zero-order valence-electron chi connectivity index (χ0n) is 12.6. The summed E-state index contributed by atoms with van der Waals surface area (Å²) in [7, 11) is 1.66. The number of carbonyl (C=O) groups is 1. The number of hydrogen-bond donors (Lipinski definition) is 1. The van der Waals surface area contributed by atoms with Crippen LogP contribution in [0.4, 0.5) is 27.8 Å². The Balaban J connectivity index is 2.15. The lowest BCUT2D eigenvalue weighted by Crippen LogP contribution is -2.51. The van der Waals surface area contributed by atoms with Gasteiger partial charge in [-0.15, -0.1) is 0 Å². The Labute approximate surface area is 129 Å². The highest BCUT2D eigenvalue weighted by atomic mass is 19.4. The lowest BCUT2D eigenvalue weighted by atomic mass is 10.1. The van der Waals surface area contributed by atoms with Crippen LogP contribution in [0.15, 0.2) is 6.20 Å². The van der Waals surface area contributed by atoms with Gasteiger partial charge in [-0.2, -0.15) is 18.3 Å². The van der Waals surface area contributed by atoms with Crippen LogP contribution in [0.3, 0.4) is 0 Å². The van der Waals surface area contributed by atoms with E-state index in [1.165, 1.54) is 10.00 Å². The summed E-state index contributed by atoms with van der Waals surface area (Å²) in [5.41, 5.74) is 0.786. The highest BCUT2D eigenvalue weighted by molar-refractivity contribution is 5.82. The zero-order chi connectivity index (χ0) is 17.4. The maximum absolute atomic E-state index is 14.1. The molecular weight excluding hydrogens is 323 g/mol. The molecule has 0 aromatic carbocycles. The SMILES string of the molecule is Cc1cnn(C)c1N1CCC(NC(=O)C(F)(F)F)C(F)(F)CC1. The number of alkyl halides is 5. The largest absolute Gasteiger partial charge is 0.471 e. The first kappa shape index (κ1) is 17.5. The van der Waals surface area contributed by atoms with E-state index < -0.39 is 30.5 Å². The minimum Gasteiger partial charge on any atom is -0.356 e. The molecule has 1 amide bonds. The Bertz CT molecular complexity index is 564. The second-order valence-corrected chi connectivity index (χ2v) is 5.59. The molecule has 1 N–H and O–H groups in total. The van der Waals surface area contributed by atoms with Crippen LogP contribution >= 0.6 is 0 Å². The minimum atomic E-state index is -5.18. The van der Waals surface area contributed by atoms with Crippen LogP contribution in [0.25, 0.3) is 0 Å². The third-order valence-corrected chi connectivity index (χ3v) is 3.86. The Kier molecular flexibility index (Phi) is 4.54. The second kappa shape index (κ2) is 5.97. The van der Waals surface area contributed by atoms with E-state index in [4.69, 9.17) is 0 Å². The molecule has 2 rings (SSSR count). The molecule has 5 nitrogen and oxygen atoms in total. The van der Waals surface area contributed by atoms with Crippen molar-refractivity contribution in [3.05, 3.63) is 11.8 Å². The number of carbonyl (C=O) groups excluding carboxylic acids is 1. The van der Waals surface area contributed by atoms with Crippen molar-refractivity contribution in [3.63, 3.8) is 0 Å². The summed E-state index contributed by atoms with van der Waals surface area (Å²) in [6, 6.07) is -1.85. The lowest BCUT2D eigenvalue weighted by Gasteiger charge is -2.25. The predicted molar refractivity (Wildman–Crippen MR) is 72.3 cm³/mol. The van der Waals surface area contributed by atoms with Crippen LogP contribution in [-0.2, 0) is 11.8 Å². The first-order valence-corrected chi connectivity index (χ1v) is 7.01. The molecule has 0 spiro atoms. The van der Waals surface area contributed by atoms with E-state index >= 15 is 0 Å². The summed E-state index contributed by atoms with van der Waals surface area (Å²) in [4.78, 5) is 12.6. The smallest absolute Gasteiger partial charge is 0.356 e. The molecule has 23 heavy (non-hydrogen) atoms. The number of halogens is 5. The highest BCUT2D eigenvalue weighted by Gasteiger charge is 2.47. The van der Waals surface area contributed by atoms with E-state index in [9.17, 15) is 26.7 Å². The van der Waals surface area contributed by atoms with Gasteiger partial charge in [-0.25, -0.2) is 8.78 Å². The molecule has 1 aliphatic heterocycles. The Morgan fingerprint density at radius 2 is 2.04 bits per heavy atom. The molecule has 0 radical (unpaired) electrons. The number of rotatable bonds is 2. The van der Waals surface area contributed by atoms with Gasteiger partial charge in [0.1, 0.15) is 5.82 Å². The first-order chi connectivity index (χ1) is 10.5. The summed E-state index contributed by atoms with van der Waals surface area (Å²) in [5, 5.41) is 5.45. The summed E-state index contributed by atoms with van der Waals surface area (Å²) in [6.07, 6.45) is -4.54. The van der Waals surface area contributed by atoms with Crippen LogP contribution in [0, 0.1) is 6.92 Å². The number of amides is 1. The van der Waals surface area contributed by atoms with Crippen molar-refractivity contribution in [2.24, 2.45) is 7.05 Å². The van der Waals surface area contributed by atoms with Crippen LogP contribution in [0.2, 0.25) is 0 Å². The molecule has 1 aliphatic rings. The Morgan fingerprint density at radius 3 is 2.57 bits per heavy atom. The molecule has 1 saturated heterocycles. The Hall–Kier alpha value is -1.87. The van der Waals surface area contributed by atoms with Gasteiger partial charge >= 0.3 is 12.1 Å². The maximum Gasteiger partial charge on any atom is 0.471 e. The monoisotopic (exact) mass is 340 g/mol. The standard InChI is InChI=1S/C13H17F5N4O/c1-8-7-19-21(2)10(8)22-5-3-9(12(14,15)4-6-22)20-11(23)13(16,17)18/h7,9H,3-6H2,1-2H3,(H,20,23). The van der Waals surface area contributed by atoms with Crippen molar-refractivity contribution >= 4 is 11.7 Å². The van der Waals surface area contributed by atoms with Gasteiger partial charge in [0.2, 0.25) is 0 Å². The quantitative estimate of drug-likeness (QED) is 0.838. The van der Waals surface area contributed by atoms with Crippen LogP contribution in [0.5, 0.6) is 0 Å².